The summed E-state index contributed by atoms with van der Waals surface area (Å²) in [7, 11) is 0. The summed E-state index contributed by atoms with van der Waals surface area (Å²) in [6, 6.07) is 1.32. The molecule has 3 fully saturated rings. The predicted molar refractivity (Wildman–Crippen MR) is 74.7 cm³/mol. The van der Waals surface area contributed by atoms with Gasteiger partial charge in [-0.2, -0.15) is 0 Å². The van der Waals surface area contributed by atoms with Gasteiger partial charge in [-0.1, -0.05) is 0 Å². The fourth-order valence-corrected chi connectivity index (χ4v) is 5.80. The Morgan fingerprint density at radius 3 is 2.44 bits per heavy atom. The molecule has 3 aliphatic carbocycles. The Morgan fingerprint density at radius 2 is 1.89 bits per heavy atom. The average Bonchev–Trinajstić information content (AvgIpc) is 2.70. The van der Waals surface area contributed by atoms with Gasteiger partial charge in [0.15, 0.2) is 0 Å². The highest BCUT2D eigenvalue weighted by atomic mass is 32.1. The standard InChI is InChI=1S/C15H22N2S/c1-7-15(18-9(3)16-7)8(2)17-14-12-10-4-5-11(6-10)13(12)14/h8,10-14,17H,4-6H2,1-3H3. The van der Waals surface area contributed by atoms with Gasteiger partial charge in [-0.05, 0) is 63.7 Å². The van der Waals surface area contributed by atoms with Gasteiger partial charge >= 0.3 is 0 Å². The summed E-state index contributed by atoms with van der Waals surface area (Å²) in [6.07, 6.45) is 4.56. The number of fused-ring (bicyclic) bond motifs is 5. The van der Waals surface area contributed by atoms with E-state index in [-0.39, 0.29) is 0 Å². The lowest BCUT2D eigenvalue weighted by atomic mass is 10.0. The van der Waals surface area contributed by atoms with Crippen molar-refractivity contribution in [2.75, 3.05) is 0 Å². The minimum Gasteiger partial charge on any atom is -0.306 e. The van der Waals surface area contributed by atoms with Gasteiger partial charge in [-0.25, -0.2) is 4.98 Å². The number of rotatable bonds is 3. The van der Waals surface area contributed by atoms with E-state index in [1.54, 1.807) is 6.42 Å². The average molecular weight is 262 g/mol. The molecule has 3 heteroatoms. The van der Waals surface area contributed by atoms with E-state index >= 15 is 0 Å². The number of nitrogens with zero attached hydrogens (tertiary/aromatic N) is 1. The number of aryl methyl sites for hydroxylation is 2. The third-order valence-corrected chi connectivity index (χ3v) is 6.77. The number of nitrogens with one attached hydrogen (secondary N) is 1. The van der Waals surface area contributed by atoms with E-state index < -0.39 is 0 Å². The summed E-state index contributed by atoms with van der Waals surface area (Å²) < 4.78 is 0. The molecule has 18 heavy (non-hydrogen) atoms. The Hall–Kier alpha value is -0.410. The summed E-state index contributed by atoms with van der Waals surface area (Å²) in [5, 5.41) is 5.10. The summed E-state index contributed by atoms with van der Waals surface area (Å²) in [5.74, 6) is 4.18. The largest absolute Gasteiger partial charge is 0.306 e. The summed E-state index contributed by atoms with van der Waals surface area (Å²) >= 11 is 1.86. The zero-order valence-electron chi connectivity index (χ0n) is 11.4. The lowest BCUT2D eigenvalue weighted by Crippen LogP contribution is -2.26. The van der Waals surface area contributed by atoms with Gasteiger partial charge < -0.3 is 5.32 Å². The minimum absolute atomic E-state index is 0.492. The SMILES string of the molecule is Cc1nc(C)c(C(C)NC2C3C4CCC(C4)C23)s1. The topological polar surface area (TPSA) is 24.9 Å². The van der Waals surface area contributed by atoms with Crippen LogP contribution in [0.25, 0.3) is 0 Å². The summed E-state index contributed by atoms with van der Waals surface area (Å²) in [5.41, 5.74) is 1.23. The molecule has 3 aliphatic rings. The maximum atomic E-state index is 4.55. The van der Waals surface area contributed by atoms with Crippen molar-refractivity contribution in [2.45, 2.75) is 52.1 Å². The molecule has 0 radical (unpaired) electrons. The van der Waals surface area contributed by atoms with Crippen LogP contribution in [0.2, 0.25) is 0 Å². The lowest BCUT2D eigenvalue weighted by molar-refractivity contribution is 0.435. The van der Waals surface area contributed by atoms with Crippen molar-refractivity contribution >= 4 is 11.3 Å². The quantitative estimate of drug-likeness (QED) is 0.902. The van der Waals surface area contributed by atoms with Crippen LogP contribution in [0.4, 0.5) is 0 Å². The molecular formula is C15H22N2S. The normalized spacial score (nSPS) is 42.1. The second kappa shape index (κ2) is 3.80. The molecule has 1 aromatic rings. The summed E-state index contributed by atoms with van der Waals surface area (Å²) in [6.45, 7) is 6.57. The first-order chi connectivity index (χ1) is 8.65. The molecule has 3 saturated carbocycles. The van der Waals surface area contributed by atoms with Crippen LogP contribution in [0.15, 0.2) is 0 Å². The van der Waals surface area contributed by atoms with Crippen LogP contribution in [0.1, 0.15) is 47.8 Å². The van der Waals surface area contributed by atoms with Crippen molar-refractivity contribution in [3.63, 3.8) is 0 Å². The molecule has 0 amide bonds. The lowest BCUT2D eigenvalue weighted by Gasteiger charge is -2.16. The minimum atomic E-state index is 0.492. The van der Waals surface area contributed by atoms with Gasteiger partial charge in [0.05, 0.1) is 10.7 Å². The maximum absolute atomic E-state index is 4.55. The molecule has 2 nitrogen and oxygen atoms in total. The highest BCUT2D eigenvalue weighted by Gasteiger charge is 2.64. The zero-order chi connectivity index (χ0) is 12.4. The summed E-state index contributed by atoms with van der Waals surface area (Å²) in [4.78, 5) is 6.00. The maximum Gasteiger partial charge on any atom is 0.0900 e. The van der Waals surface area contributed by atoms with Crippen LogP contribution >= 0.6 is 11.3 Å². The Morgan fingerprint density at radius 1 is 1.22 bits per heavy atom. The fraction of sp³-hybridized carbons (Fsp3) is 0.800. The van der Waals surface area contributed by atoms with Crippen LogP contribution in [-0.4, -0.2) is 11.0 Å². The van der Waals surface area contributed by atoms with E-state index in [2.05, 4.69) is 31.1 Å². The molecule has 2 bridgehead atoms. The highest BCUT2D eigenvalue weighted by Crippen LogP contribution is 2.65. The number of aromatic nitrogens is 1. The Kier molecular flexibility index (Phi) is 2.41. The van der Waals surface area contributed by atoms with Gasteiger partial charge in [0.2, 0.25) is 0 Å². The van der Waals surface area contributed by atoms with Gasteiger partial charge in [-0.3, -0.25) is 0 Å². The smallest absolute Gasteiger partial charge is 0.0900 e. The molecule has 1 heterocycles. The molecule has 4 rings (SSSR count). The molecule has 0 spiro atoms. The van der Waals surface area contributed by atoms with Crippen molar-refractivity contribution in [3.8, 4) is 0 Å². The van der Waals surface area contributed by atoms with Crippen molar-refractivity contribution in [1.29, 1.82) is 0 Å². The third-order valence-electron chi connectivity index (χ3n) is 5.51. The monoisotopic (exact) mass is 262 g/mol. The second-order valence-corrected chi connectivity index (χ2v) is 7.82. The van der Waals surface area contributed by atoms with E-state index in [0.29, 0.717) is 6.04 Å². The van der Waals surface area contributed by atoms with Gasteiger partial charge in [-0.15, -0.1) is 11.3 Å². The van der Waals surface area contributed by atoms with Crippen molar-refractivity contribution < 1.29 is 0 Å². The van der Waals surface area contributed by atoms with E-state index in [4.69, 9.17) is 0 Å². The van der Waals surface area contributed by atoms with Crippen LogP contribution in [0, 0.1) is 37.5 Å². The highest BCUT2D eigenvalue weighted by molar-refractivity contribution is 7.11. The van der Waals surface area contributed by atoms with E-state index in [1.165, 1.54) is 28.4 Å². The molecule has 0 saturated heterocycles. The fourth-order valence-electron chi connectivity index (χ4n) is 4.86. The van der Waals surface area contributed by atoms with E-state index in [1.807, 2.05) is 11.3 Å². The second-order valence-electron chi connectivity index (χ2n) is 6.58. The first-order valence-electron chi connectivity index (χ1n) is 7.35. The molecule has 0 aromatic carbocycles. The molecule has 1 aromatic heterocycles. The first kappa shape index (κ1) is 11.4. The third kappa shape index (κ3) is 1.53. The number of thiazole rings is 1. The number of hydrogen-bond donors (Lipinski definition) is 1. The Bertz CT molecular complexity index is 465. The Labute approximate surface area is 113 Å². The molecule has 1 N–H and O–H groups in total. The number of hydrogen-bond acceptors (Lipinski definition) is 3. The van der Waals surface area contributed by atoms with Crippen molar-refractivity contribution in [2.24, 2.45) is 23.7 Å². The van der Waals surface area contributed by atoms with E-state index in [0.717, 1.165) is 29.7 Å². The zero-order valence-corrected chi connectivity index (χ0v) is 12.3. The predicted octanol–water partition coefficient (Wildman–Crippen LogP) is 3.46. The molecule has 5 atom stereocenters. The van der Waals surface area contributed by atoms with Crippen molar-refractivity contribution in [1.82, 2.24) is 10.3 Å². The van der Waals surface area contributed by atoms with E-state index in [9.17, 15) is 0 Å². The molecule has 0 aliphatic heterocycles. The van der Waals surface area contributed by atoms with Gasteiger partial charge in [0.1, 0.15) is 0 Å². The molecular weight excluding hydrogens is 240 g/mol. The van der Waals surface area contributed by atoms with Crippen LogP contribution in [0.3, 0.4) is 0 Å². The van der Waals surface area contributed by atoms with Crippen molar-refractivity contribution in [3.05, 3.63) is 15.6 Å². The van der Waals surface area contributed by atoms with Crippen LogP contribution < -0.4 is 5.32 Å². The van der Waals surface area contributed by atoms with Crippen LogP contribution in [0.5, 0.6) is 0 Å². The van der Waals surface area contributed by atoms with Crippen LogP contribution in [-0.2, 0) is 0 Å². The Balaban J connectivity index is 1.46. The van der Waals surface area contributed by atoms with Gasteiger partial charge in [0, 0.05) is 17.0 Å². The van der Waals surface area contributed by atoms with Gasteiger partial charge in [0.25, 0.3) is 0 Å². The molecule has 98 valence electrons. The first-order valence-corrected chi connectivity index (χ1v) is 8.16. The molecule has 5 unspecified atom stereocenters.